The summed E-state index contributed by atoms with van der Waals surface area (Å²) in [6.07, 6.45) is 1.46. The average Bonchev–Trinajstić information content (AvgIpc) is 3.45. The first kappa shape index (κ1) is 26.4. The van der Waals surface area contributed by atoms with Crippen molar-refractivity contribution < 1.29 is 28.3 Å². The van der Waals surface area contributed by atoms with Crippen molar-refractivity contribution >= 4 is 47.1 Å². The number of hydrogen-bond donors (Lipinski definition) is 2. The smallest absolute Gasteiger partial charge is 0.340 e. The normalized spacial score (nSPS) is 14.1. The third kappa shape index (κ3) is 6.01. The molecule has 194 valence electrons. The van der Waals surface area contributed by atoms with Gasteiger partial charge in [-0.2, -0.15) is 0 Å². The number of methoxy groups -OCH3 is 1. The number of nitrogens with zero attached hydrogens (tertiary/aromatic N) is 1. The number of benzene rings is 2. The summed E-state index contributed by atoms with van der Waals surface area (Å²) >= 11 is 5.89. The van der Waals surface area contributed by atoms with Crippen LogP contribution in [0.15, 0.2) is 88.0 Å². The Morgan fingerprint density at radius 3 is 2.50 bits per heavy atom. The van der Waals surface area contributed by atoms with E-state index in [1.54, 1.807) is 37.3 Å². The summed E-state index contributed by atoms with van der Waals surface area (Å²) in [4.78, 5) is 51.7. The van der Waals surface area contributed by atoms with Gasteiger partial charge in [-0.15, -0.1) is 0 Å². The summed E-state index contributed by atoms with van der Waals surface area (Å²) in [7, 11) is 1.25. The van der Waals surface area contributed by atoms with Crippen molar-refractivity contribution in [2.75, 3.05) is 12.4 Å². The lowest BCUT2D eigenvalue weighted by Gasteiger charge is -2.17. The number of allylic oxidation sites excluding steroid dienone is 1. The lowest BCUT2D eigenvalue weighted by atomic mass is 10.1. The van der Waals surface area contributed by atoms with Crippen LogP contribution >= 0.6 is 11.6 Å². The molecule has 9 nitrogen and oxygen atoms in total. The summed E-state index contributed by atoms with van der Waals surface area (Å²) in [5, 5.41) is 5.35. The Hall–Kier alpha value is -4.63. The maximum absolute atomic E-state index is 13.3. The Kier molecular flexibility index (Phi) is 8.08. The monoisotopic (exact) mass is 533 g/mol. The summed E-state index contributed by atoms with van der Waals surface area (Å²) in [5.74, 6) is -2.10. The zero-order valence-corrected chi connectivity index (χ0v) is 21.4. The van der Waals surface area contributed by atoms with E-state index in [1.165, 1.54) is 24.2 Å². The van der Waals surface area contributed by atoms with Crippen molar-refractivity contribution in [1.82, 2.24) is 10.2 Å². The second-order valence-corrected chi connectivity index (χ2v) is 8.77. The fourth-order valence-electron chi connectivity index (χ4n) is 3.90. The third-order valence-corrected chi connectivity index (χ3v) is 6.00. The highest BCUT2D eigenvalue weighted by Gasteiger charge is 2.37. The van der Waals surface area contributed by atoms with E-state index in [1.807, 2.05) is 30.3 Å². The topological polar surface area (TPSA) is 118 Å². The van der Waals surface area contributed by atoms with Gasteiger partial charge < -0.3 is 24.7 Å². The minimum atomic E-state index is -0.865. The molecule has 1 aliphatic rings. The van der Waals surface area contributed by atoms with Gasteiger partial charge in [0, 0.05) is 16.4 Å². The first-order valence-electron chi connectivity index (χ1n) is 11.6. The Morgan fingerprint density at radius 2 is 1.79 bits per heavy atom. The maximum Gasteiger partial charge on any atom is 0.340 e. The quantitative estimate of drug-likeness (QED) is 0.269. The zero-order chi connectivity index (χ0) is 27.2. The fourth-order valence-corrected chi connectivity index (χ4v) is 4.09. The number of anilines is 1. The van der Waals surface area contributed by atoms with Crippen LogP contribution in [0.2, 0.25) is 5.02 Å². The number of ether oxygens (including phenoxy) is 1. The molecule has 0 unspecified atom stereocenters. The molecule has 1 aromatic heterocycles. The first-order valence-corrected chi connectivity index (χ1v) is 11.9. The van der Waals surface area contributed by atoms with Crippen molar-refractivity contribution in [3.63, 3.8) is 0 Å². The van der Waals surface area contributed by atoms with E-state index in [2.05, 4.69) is 10.6 Å². The van der Waals surface area contributed by atoms with Crippen molar-refractivity contribution in [3.8, 4) is 0 Å². The van der Waals surface area contributed by atoms with Gasteiger partial charge in [0.15, 0.2) is 0 Å². The third-order valence-electron chi connectivity index (χ3n) is 5.77. The highest BCUT2D eigenvalue weighted by molar-refractivity contribution is 6.39. The molecular weight excluding hydrogens is 510 g/mol. The molecule has 3 aromatic rings. The largest absolute Gasteiger partial charge is 0.465 e. The molecule has 38 heavy (non-hydrogen) atoms. The standard InChI is InChI=1S/C28H24ClN3O6/c1-17-24(28(36)37-2)23(27(35)32(17)16-18-7-4-3-5-8-18)14-21-11-12-22(38-21)15-30-25(33)26(34)31-20-10-6-9-19(29)13-20/h3-14H,15-16H2,1-2H3,(H,30,33)(H,31,34)/b23-14+. The Morgan fingerprint density at radius 1 is 1.03 bits per heavy atom. The van der Waals surface area contributed by atoms with E-state index in [0.717, 1.165) is 5.56 Å². The number of amides is 3. The van der Waals surface area contributed by atoms with Crippen LogP contribution in [-0.4, -0.2) is 35.7 Å². The van der Waals surface area contributed by atoms with Gasteiger partial charge in [0.2, 0.25) is 0 Å². The van der Waals surface area contributed by atoms with Crippen LogP contribution in [0.5, 0.6) is 0 Å². The number of furan rings is 1. The second kappa shape index (κ2) is 11.6. The van der Waals surface area contributed by atoms with Crippen LogP contribution in [0, 0.1) is 0 Å². The highest BCUT2D eigenvalue weighted by atomic mass is 35.5. The molecule has 0 atom stereocenters. The van der Waals surface area contributed by atoms with Crippen molar-refractivity contribution in [3.05, 3.63) is 106 Å². The molecule has 2 N–H and O–H groups in total. The minimum absolute atomic E-state index is 0.0716. The molecular formula is C28H24ClN3O6. The predicted molar refractivity (Wildman–Crippen MR) is 140 cm³/mol. The average molecular weight is 534 g/mol. The Labute approximate surface area is 223 Å². The molecule has 0 radical (unpaired) electrons. The molecule has 2 heterocycles. The van der Waals surface area contributed by atoms with Crippen molar-refractivity contribution in [2.45, 2.75) is 20.0 Å². The number of nitrogens with one attached hydrogen (secondary N) is 2. The number of carbonyl (C=O) groups excluding carboxylic acids is 4. The minimum Gasteiger partial charge on any atom is -0.465 e. The van der Waals surface area contributed by atoms with Gasteiger partial charge in [-0.3, -0.25) is 14.4 Å². The van der Waals surface area contributed by atoms with E-state index >= 15 is 0 Å². The van der Waals surface area contributed by atoms with E-state index in [4.69, 9.17) is 20.8 Å². The molecule has 0 fully saturated rings. The summed E-state index contributed by atoms with van der Waals surface area (Å²) < 4.78 is 10.6. The molecule has 4 rings (SSSR count). The molecule has 0 aliphatic carbocycles. The summed E-state index contributed by atoms with van der Waals surface area (Å²) in [6, 6.07) is 19.0. The second-order valence-electron chi connectivity index (χ2n) is 8.34. The Balaban J connectivity index is 1.46. The van der Waals surface area contributed by atoms with Crippen molar-refractivity contribution in [1.29, 1.82) is 0 Å². The molecule has 3 amide bonds. The zero-order valence-electron chi connectivity index (χ0n) is 20.6. The highest BCUT2D eigenvalue weighted by Crippen LogP contribution is 2.33. The predicted octanol–water partition coefficient (Wildman–Crippen LogP) is 4.06. The molecule has 10 heteroatoms. The van der Waals surface area contributed by atoms with Crippen LogP contribution in [-0.2, 0) is 37.0 Å². The van der Waals surface area contributed by atoms with E-state index in [0.29, 0.717) is 22.2 Å². The molecule has 0 spiro atoms. The van der Waals surface area contributed by atoms with Gasteiger partial charge in [-0.25, -0.2) is 4.79 Å². The van der Waals surface area contributed by atoms with Crippen LogP contribution in [0.4, 0.5) is 5.69 Å². The van der Waals surface area contributed by atoms with Crippen LogP contribution in [0.3, 0.4) is 0 Å². The molecule has 2 aromatic carbocycles. The van der Waals surface area contributed by atoms with Gasteiger partial charge in [-0.05, 0) is 48.9 Å². The number of halogens is 1. The van der Waals surface area contributed by atoms with E-state index in [-0.39, 0.29) is 35.9 Å². The Bertz CT molecular complexity index is 1460. The van der Waals surface area contributed by atoms with Crippen molar-refractivity contribution in [2.24, 2.45) is 0 Å². The number of rotatable bonds is 7. The maximum atomic E-state index is 13.3. The molecule has 0 saturated carbocycles. The lowest BCUT2D eigenvalue weighted by Crippen LogP contribution is -2.34. The van der Waals surface area contributed by atoms with E-state index < -0.39 is 17.8 Å². The van der Waals surface area contributed by atoms with Gasteiger partial charge in [0.05, 0.1) is 31.3 Å². The number of esters is 1. The van der Waals surface area contributed by atoms with Crippen LogP contribution < -0.4 is 10.6 Å². The number of carbonyl (C=O) groups is 4. The van der Waals surface area contributed by atoms with Gasteiger partial charge >= 0.3 is 17.8 Å². The number of hydrogen-bond acceptors (Lipinski definition) is 6. The lowest BCUT2D eigenvalue weighted by molar-refractivity contribution is -0.136. The SMILES string of the molecule is COC(=O)C1=C(C)N(Cc2ccccc2)C(=O)/C1=C/c1ccc(CNC(=O)C(=O)Nc2cccc(Cl)c2)o1. The summed E-state index contributed by atoms with van der Waals surface area (Å²) in [6.45, 7) is 1.90. The van der Waals surface area contributed by atoms with Crippen LogP contribution in [0.1, 0.15) is 24.0 Å². The van der Waals surface area contributed by atoms with Gasteiger partial charge in [0.25, 0.3) is 5.91 Å². The van der Waals surface area contributed by atoms with E-state index in [9.17, 15) is 19.2 Å². The first-order chi connectivity index (χ1) is 18.3. The van der Waals surface area contributed by atoms with Gasteiger partial charge in [-0.1, -0.05) is 48.0 Å². The molecule has 0 bridgehead atoms. The van der Waals surface area contributed by atoms with Gasteiger partial charge in [0.1, 0.15) is 11.5 Å². The molecule has 1 aliphatic heterocycles. The molecule has 0 saturated heterocycles. The summed E-state index contributed by atoms with van der Waals surface area (Å²) in [5.41, 5.74) is 2.05. The fraction of sp³-hybridized carbons (Fsp3) is 0.143. The van der Waals surface area contributed by atoms with Crippen LogP contribution in [0.25, 0.3) is 6.08 Å².